The fourth-order valence-corrected chi connectivity index (χ4v) is 1.68. The quantitative estimate of drug-likeness (QED) is 0.576. The lowest BCUT2D eigenvalue weighted by molar-refractivity contribution is 0.290. The van der Waals surface area contributed by atoms with Gasteiger partial charge in [0.05, 0.1) is 0 Å². The van der Waals surface area contributed by atoms with Crippen molar-refractivity contribution in [1.29, 1.82) is 0 Å². The van der Waals surface area contributed by atoms with Crippen LogP contribution in [0.2, 0.25) is 0 Å². The molecule has 2 nitrogen and oxygen atoms in total. The molecule has 0 radical (unpaired) electrons. The lowest BCUT2D eigenvalue weighted by atomic mass is 10.4. The van der Waals surface area contributed by atoms with Crippen LogP contribution in [0.1, 0.15) is 6.42 Å². The van der Waals surface area contributed by atoms with E-state index in [1.165, 1.54) is 32.6 Å². The van der Waals surface area contributed by atoms with Crippen LogP contribution in [0.3, 0.4) is 0 Å². The van der Waals surface area contributed by atoms with Crippen molar-refractivity contribution in [3.05, 3.63) is 0 Å². The summed E-state index contributed by atoms with van der Waals surface area (Å²) < 4.78 is 0. The molecule has 0 bridgehead atoms. The zero-order chi connectivity index (χ0) is 8.10. The van der Waals surface area contributed by atoms with Crippen molar-refractivity contribution in [2.24, 2.45) is 0 Å². The predicted octanol–water partition coefficient (Wildman–Crippen LogP) is 0.863. The minimum absolute atomic E-state index is 0.768. The van der Waals surface area contributed by atoms with Gasteiger partial charge in [0.2, 0.25) is 0 Å². The van der Waals surface area contributed by atoms with Crippen LogP contribution in [-0.4, -0.2) is 55.5 Å². The summed E-state index contributed by atoms with van der Waals surface area (Å²) in [5.74, 6) is 0.768. The first kappa shape index (κ1) is 9.30. The molecule has 0 aromatic rings. The van der Waals surface area contributed by atoms with Crippen molar-refractivity contribution in [1.82, 2.24) is 9.80 Å². The van der Waals surface area contributed by atoms with Crippen LogP contribution in [0.4, 0.5) is 0 Å². The molecule has 0 unspecified atom stereocenters. The summed E-state index contributed by atoms with van der Waals surface area (Å²) in [6.07, 6.45) is 1.29. The van der Waals surface area contributed by atoms with Crippen LogP contribution in [0.5, 0.6) is 0 Å². The molecular formula is C8H17ClN2. The molecule has 3 heteroatoms. The van der Waals surface area contributed by atoms with Gasteiger partial charge in [0.15, 0.2) is 0 Å². The average molecular weight is 177 g/mol. The molecule has 0 N–H and O–H groups in total. The Balaban J connectivity index is 2.22. The van der Waals surface area contributed by atoms with Crippen LogP contribution in [-0.2, 0) is 0 Å². The van der Waals surface area contributed by atoms with Gasteiger partial charge in [-0.2, -0.15) is 0 Å². The molecule has 1 fully saturated rings. The molecule has 0 atom stereocenters. The van der Waals surface area contributed by atoms with Crippen molar-refractivity contribution in [3.8, 4) is 0 Å². The van der Waals surface area contributed by atoms with E-state index in [1.807, 2.05) is 0 Å². The molecule has 1 aliphatic heterocycles. The Kier molecular flexibility index (Phi) is 4.20. The third-order valence-corrected chi connectivity index (χ3v) is 2.38. The van der Waals surface area contributed by atoms with Gasteiger partial charge >= 0.3 is 0 Å². The van der Waals surface area contributed by atoms with Crippen molar-refractivity contribution in [2.45, 2.75) is 6.42 Å². The first-order valence-corrected chi connectivity index (χ1v) is 4.83. The SMILES string of the molecule is CN1CCCN(CCCl)CC1. The van der Waals surface area contributed by atoms with Gasteiger partial charge in [-0.15, -0.1) is 11.6 Å². The van der Waals surface area contributed by atoms with Crippen LogP contribution >= 0.6 is 11.6 Å². The molecule has 1 saturated heterocycles. The fourth-order valence-electron chi connectivity index (χ4n) is 1.44. The maximum atomic E-state index is 5.67. The number of nitrogens with zero attached hydrogens (tertiary/aromatic N) is 2. The largest absolute Gasteiger partial charge is 0.305 e. The standard InChI is InChI=1S/C8H17ClN2/c1-10-4-2-5-11(6-3-9)8-7-10/h2-8H2,1H3. The molecule has 0 aromatic carbocycles. The average Bonchev–Trinajstić information content (AvgIpc) is 2.17. The fraction of sp³-hybridized carbons (Fsp3) is 1.00. The molecule has 0 spiro atoms. The van der Waals surface area contributed by atoms with Gasteiger partial charge in [-0.1, -0.05) is 0 Å². The van der Waals surface area contributed by atoms with Crippen LogP contribution in [0.25, 0.3) is 0 Å². The third kappa shape index (κ3) is 3.41. The summed E-state index contributed by atoms with van der Waals surface area (Å²) >= 11 is 5.67. The van der Waals surface area contributed by atoms with Gasteiger partial charge in [-0.05, 0) is 26.6 Å². The first-order chi connectivity index (χ1) is 5.33. The van der Waals surface area contributed by atoms with E-state index in [2.05, 4.69) is 16.8 Å². The lowest BCUT2D eigenvalue weighted by Gasteiger charge is -2.17. The van der Waals surface area contributed by atoms with E-state index in [1.54, 1.807) is 0 Å². The van der Waals surface area contributed by atoms with Gasteiger partial charge in [0.25, 0.3) is 0 Å². The van der Waals surface area contributed by atoms with Crippen LogP contribution < -0.4 is 0 Å². The maximum Gasteiger partial charge on any atom is 0.0351 e. The van der Waals surface area contributed by atoms with Crippen molar-refractivity contribution >= 4 is 11.6 Å². The Morgan fingerprint density at radius 2 is 2.00 bits per heavy atom. The van der Waals surface area contributed by atoms with Crippen LogP contribution in [0, 0.1) is 0 Å². The van der Waals surface area contributed by atoms with Gasteiger partial charge in [0.1, 0.15) is 0 Å². The third-order valence-electron chi connectivity index (χ3n) is 2.21. The van der Waals surface area contributed by atoms with E-state index in [4.69, 9.17) is 11.6 Å². The molecule has 66 valence electrons. The highest BCUT2D eigenvalue weighted by molar-refractivity contribution is 6.18. The number of alkyl halides is 1. The van der Waals surface area contributed by atoms with Crippen molar-refractivity contribution in [2.75, 3.05) is 45.7 Å². The molecule has 1 rings (SSSR count). The maximum absolute atomic E-state index is 5.67. The second kappa shape index (κ2) is 4.96. The molecule has 0 aromatic heterocycles. The zero-order valence-corrected chi connectivity index (χ0v) is 7.98. The van der Waals surface area contributed by atoms with Gasteiger partial charge in [-0.3, -0.25) is 0 Å². The smallest absolute Gasteiger partial charge is 0.0351 e. The Hall–Kier alpha value is 0.210. The Morgan fingerprint density at radius 3 is 2.73 bits per heavy atom. The van der Waals surface area contributed by atoms with Crippen molar-refractivity contribution in [3.63, 3.8) is 0 Å². The lowest BCUT2D eigenvalue weighted by Crippen LogP contribution is -2.30. The van der Waals surface area contributed by atoms with Gasteiger partial charge < -0.3 is 9.80 Å². The summed E-state index contributed by atoms with van der Waals surface area (Å²) in [5.41, 5.74) is 0. The molecule has 11 heavy (non-hydrogen) atoms. The summed E-state index contributed by atoms with van der Waals surface area (Å²) in [6, 6.07) is 0. The summed E-state index contributed by atoms with van der Waals surface area (Å²) in [6.45, 7) is 5.88. The molecule has 0 aliphatic carbocycles. The van der Waals surface area contributed by atoms with Crippen molar-refractivity contribution < 1.29 is 0 Å². The summed E-state index contributed by atoms with van der Waals surface area (Å²) in [4.78, 5) is 4.82. The monoisotopic (exact) mass is 176 g/mol. The predicted molar refractivity (Wildman–Crippen MR) is 49.3 cm³/mol. The molecule has 0 saturated carbocycles. The highest BCUT2D eigenvalue weighted by Gasteiger charge is 2.10. The highest BCUT2D eigenvalue weighted by atomic mass is 35.5. The Morgan fingerprint density at radius 1 is 1.18 bits per heavy atom. The number of hydrogen-bond acceptors (Lipinski definition) is 2. The first-order valence-electron chi connectivity index (χ1n) is 4.30. The van der Waals surface area contributed by atoms with Crippen LogP contribution in [0.15, 0.2) is 0 Å². The normalized spacial score (nSPS) is 23.5. The van der Waals surface area contributed by atoms with E-state index in [-0.39, 0.29) is 0 Å². The molecule has 1 aliphatic rings. The second-order valence-corrected chi connectivity index (χ2v) is 3.57. The van der Waals surface area contributed by atoms with E-state index in [0.29, 0.717) is 0 Å². The molecule has 1 heterocycles. The number of rotatable bonds is 2. The van der Waals surface area contributed by atoms with E-state index in [0.717, 1.165) is 12.4 Å². The molecule has 0 amide bonds. The summed E-state index contributed by atoms with van der Waals surface area (Å²) in [5, 5.41) is 0. The Labute approximate surface area is 74.1 Å². The summed E-state index contributed by atoms with van der Waals surface area (Å²) in [7, 11) is 2.18. The second-order valence-electron chi connectivity index (χ2n) is 3.19. The minimum Gasteiger partial charge on any atom is -0.305 e. The zero-order valence-electron chi connectivity index (χ0n) is 7.22. The number of halogens is 1. The molecular weight excluding hydrogens is 160 g/mol. The highest BCUT2D eigenvalue weighted by Crippen LogP contribution is 2.00. The topological polar surface area (TPSA) is 6.48 Å². The number of hydrogen-bond donors (Lipinski definition) is 0. The van der Waals surface area contributed by atoms with E-state index >= 15 is 0 Å². The minimum atomic E-state index is 0.768. The number of likely N-dealkylation sites (N-methyl/N-ethyl adjacent to an activating group) is 1. The van der Waals surface area contributed by atoms with Gasteiger partial charge in [0, 0.05) is 25.5 Å². The van der Waals surface area contributed by atoms with E-state index < -0.39 is 0 Å². The van der Waals surface area contributed by atoms with E-state index in [9.17, 15) is 0 Å². The van der Waals surface area contributed by atoms with Gasteiger partial charge in [-0.25, -0.2) is 0 Å². The Bertz CT molecular complexity index is 108.